The molecule has 11 heteroatoms. The molecule has 0 radical (unpaired) electrons. The van der Waals surface area contributed by atoms with Crippen molar-refractivity contribution >= 4 is 11.3 Å². The maximum absolute atomic E-state index is 13.4. The van der Waals surface area contributed by atoms with Crippen molar-refractivity contribution in [1.29, 1.82) is 0 Å². The van der Waals surface area contributed by atoms with E-state index in [9.17, 15) is 18.0 Å². The number of alkyl halides is 3. The zero-order valence-electron chi connectivity index (χ0n) is 16.6. The predicted molar refractivity (Wildman–Crippen MR) is 109 cm³/mol. The first-order valence-corrected chi connectivity index (χ1v) is 10.8. The molecule has 0 bridgehead atoms. The molecule has 1 fully saturated rings. The fraction of sp³-hybridized carbons (Fsp3) is 0.450. The summed E-state index contributed by atoms with van der Waals surface area (Å²) in [7, 11) is 0. The minimum absolute atomic E-state index is 0.0435. The van der Waals surface area contributed by atoms with Gasteiger partial charge in [-0.05, 0) is 37.0 Å². The average molecular weight is 450 g/mol. The van der Waals surface area contributed by atoms with Crippen LogP contribution in [-0.2, 0) is 19.3 Å². The summed E-state index contributed by atoms with van der Waals surface area (Å²) < 4.78 is 41.4. The van der Waals surface area contributed by atoms with Gasteiger partial charge in [0.25, 0.3) is 5.56 Å². The summed E-state index contributed by atoms with van der Waals surface area (Å²) in [4.78, 5) is 17.1. The Kier molecular flexibility index (Phi) is 6.15. The molecule has 0 atom stereocenters. The fourth-order valence-corrected chi connectivity index (χ4v) is 4.56. The molecule has 31 heavy (non-hydrogen) atoms. The van der Waals surface area contributed by atoms with Gasteiger partial charge in [0.05, 0.1) is 17.8 Å². The van der Waals surface area contributed by atoms with Crippen molar-refractivity contribution in [2.45, 2.75) is 57.3 Å². The fourth-order valence-electron chi connectivity index (χ4n) is 3.88. The van der Waals surface area contributed by atoms with Crippen LogP contribution in [0.5, 0.6) is 0 Å². The van der Waals surface area contributed by atoms with Gasteiger partial charge in [0.15, 0.2) is 5.01 Å². The first-order valence-electron chi connectivity index (χ1n) is 10.0. The van der Waals surface area contributed by atoms with Gasteiger partial charge >= 0.3 is 6.18 Å². The van der Waals surface area contributed by atoms with E-state index in [1.807, 2.05) is 0 Å². The second-order valence-electron chi connectivity index (χ2n) is 7.48. The lowest BCUT2D eigenvalue weighted by Gasteiger charge is -2.22. The molecule has 0 unspecified atom stereocenters. The van der Waals surface area contributed by atoms with Crippen molar-refractivity contribution < 1.29 is 13.2 Å². The van der Waals surface area contributed by atoms with E-state index < -0.39 is 17.3 Å². The highest BCUT2D eigenvalue weighted by molar-refractivity contribution is 7.14. The number of aromatic nitrogens is 5. The van der Waals surface area contributed by atoms with E-state index in [-0.39, 0.29) is 24.7 Å². The van der Waals surface area contributed by atoms with Crippen LogP contribution >= 0.6 is 11.3 Å². The monoisotopic (exact) mass is 450 g/mol. The van der Waals surface area contributed by atoms with Gasteiger partial charge in [-0.25, -0.2) is 4.68 Å². The van der Waals surface area contributed by atoms with Crippen molar-refractivity contribution in [3.8, 4) is 10.7 Å². The summed E-state index contributed by atoms with van der Waals surface area (Å²) in [6, 6.07) is 3.89. The van der Waals surface area contributed by atoms with Crippen LogP contribution < -0.4 is 11.3 Å². The first kappa shape index (κ1) is 21.6. The molecule has 2 N–H and O–H groups in total. The number of hydrogen-bond donors (Lipinski definition) is 1. The molecule has 4 rings (SSSR count). The Morgan fingerprint density at radius 3 is 2.65 bits per heavy atom. The van der Waals surface area contributed by atoms with Crippen molar-refractivity contribution in [1.82, 2.24) is 25.0 Å². The van der Waals surface area contributed by atoms with Crippen molar-refractivity contribution in [3.05, 3.63) is 56.6 Å². The molecule has 0 aliphatic heterocycles. The van der Waals surface area contributed by atoms with Gasteiger partial charge in [-0.15, -0.1) is 10.2 Å². The van der Waals surface area contributed by atoms with Gasteiger partial charge in [0.2, 0.25) is 0 Å². The summed E-state index contributed by atoms with van der Waals surface area (Å²) in [6.07, 6.45) is 1.56. The molecule has 0 spiro atoms. The molecular formula is C20H21F3N6OS. The molecule has 0 saturated heterocycles. The molecule has 3 aromatic rings. The van der Waals surface area contributed by atoms with E-state index in [0.29, 0.717) is 21.3 Å². The van der Waals surface area contributed by atoms with Crippen molar-refractivity contribution in [2.75, 3.05) is 0 Å². The summed E-state index contributed by atoms with van der Waals surface area (Å²) in [6.45, 7) is -0.166. The Hall–Kier alpha value is -2.66. The van der Waals surface area contributed by atoms with Gasteiger partial charge < -0.3 is 5.73 Å². The third kappa shape index (κ3) is 4.67. The highest BCUT2D eigenvalue weighted by atomic mass is 32.1. The third-order valence-electron chi connectivity index (χ3n) is 5.40. The molecule has 1 aliphatic carbocycles. The number of rotatable bonds is 5. The zero-order chi connectivity index (χ0) is 22.0. The lowest BCUT2D eigenvalue weighted by molar-refractivity contribution is -0.138. The van der Waals surface area contributed by atoms with E-state index in [0.717, 1.165) is 42.9 Å². The van der Waals surface area contributed by atoms with Gasteiger partial charge in [-0.1, -0.05) is 30.6 Å². The Labute approximate surface area is 180 Å². The Morgan fingerprint density at radius 2 is 1.97 bits per heavy atom. The second kappa shape index (κ2) is 8.83. The SMILES string of the molecule is NCc1nnc(-c2cc(C3CCCCC3)c(=O)n(Cc3ncccc3C(F)(F)F)n2)s1. The van der Waals surface area contributed by atoms with Gasteiger partial charge in [0, 0.05) is 18.3 Å². The van der Waals surface area contributed by atoms with Crippen LogP contribution in [0.2, 0.25) is 0 Å². The standard InChI is InChI=1S/C20H21F3N6OS/c21-20(22,23)14-7-4-8-25-16(14)11-29-19(30)13(12-5-2-1-3-6-12)9-15(28-29)18-27-26-17(10-24)31-18/h4,7-9,12H,1-3,5-6,10-11,24H2. The second-order valence-corrected chi connectivity index (χ2v) is 8.55. The zero-order valence-corrected chi connectivity index (χ0v) is 17.4. The topological polar surface area (TPSA) is 99.6 Å². The highest BCUT2D eigenvalue weighted by Gasteiger charge is 2.34. The molecule has 3 aromatic heterocycles. The Bertz CT molecular complexity index is 1120. The number of pyridine rings is 1. The summed E-state index contributed by atoms with van der Waals surface area (Å²) in [5.41, 5.74) is 5.05. The highest BCUT2D eigenvalue weighted by Crippen LogP contribution is 2.33. The Morgan fingerprint density at radius 1 is 1.19 bits per heavy atom. The van der Waals surface area contributed by atoms with Crippen molar-refractivity contribution in [2.24, 2.45) is 5.73 Å². The smallest absolute Gasteiger partial charge is 0.324 e. The summed E-state index contributed by atoms with van der Waals surface area (Å²) in [5, 5.41) is 13.5. The largest absolute Gasteiger partial charge is 0.418 e. The molecule has 1 aliphatic rings. The number of halogens is 3. The van der Waals surface area contributed by atoms with Crippen LogP contribution in [0.3, 0.4) is 0 Å². The van der Waals surface area contributed by atoms with Crippen LogP contribution in [-0.4, -0.2) is 25.0 Å². The van der Waals surface area contributed by atoms with Crippen LogP contribution in [0.25, 0.3) is 10.7 Å². The average Bonchev–Trinajstić information content (AvgIpc) is 3.25. The van der Waals surface area contributed by atoms with E-state index >= 15 is 0 Å². The van der Waals surface area contributed by atoms with Gasteiger partial charge in [-0.2, -0.15) is 18.3 Å². The number of nitrogens with two attached hydrogens (primary N) is 1. The quantitative estimate of drug-likeness (QED) is 0.636. The molecule has 0 aromatic carbocycles. The molecule has 0 amide bonds. The van der Waals surface area contributed by atoms with E-state index in [1.54, 1.807) is 6.07 Å². The summed E-state index contributed by atoms with van der Waals surface area (Å²) in [5.74, 6) is 0.0435. The van der Waals surface area contributed by atoms with E-state index in [2.05, 4.69) is 20.3 Å². The third-order valence-corrected chi connectivity index (χ3v) is 6.37. The van der Waals surface area contributed by atoms with E-state index in [1.165, 1.54) is 23.6 Å². The van der Waals surface area contributed by atoms with Gasteiger partial charge in [-0.3, -0.25) is 9.78 Å². The molecule has 7 nitrogen and oxygen atoms in total. The lowest BCUT2D eigenvalue weighted by atomic mass is 9.84. The van der Waals surface area contributed by atoms with Gasteiger partial charge in [0.1, 0.15) is 10.7 Å². The maximum atomic E-state index is 13.4. The molecule has 164 valence electrons. The number of hydrogen-bond acceptors (Lipinski definition) is 7. The first-order chi connectivity index (χ1) is 14.9. The van der Waals surface area contributed by atoms with E-state index in [4.69, 9.17) is 5.73 Å². The van der Waals surface area contributed by atoms with Crippen LogP contribution in [0.1, 0.15) is 59.9 Å². The maximum Gasteiger partial charge on any atom is 0.418 e. The van der Waals surface area contributed by atoms with Crippen LogP contribution in [0.4, 0.5) is 13.2 Å². The minimum Gasteiger partial charge on any atom is -0.324 e. The molecular weight excluding hydrogens is 429 g/mol. The number of nitrogens with zero attached hydrogens (tertiary/aromatic N) is 5. The van der Waals surface area contributed by atoms with Crippen molar-refractivity contribution in [3.63, 3.8) is 0 Å². The predicted octanol–water partition coefficient (Wildman–Crippen LogP) is 3.73. The molecule has 3 heterocycles. The van der Waals surface area contributed by atoms with Crippen LogP contribution in [0, 0.1) is 0 Å². The normalized spacial score (nSPS) is 15.4. The summed E-state index contributed by atoms with van der Waals surface area (Å²) >= 11 is 1.25. The van der Waals surface area contributed by atoms with Crippen LogP contribution in [0.15, 0.2) is 29.2 Å². The molecule has 1 saturated carbocycles. The Balaban J connectivity index is 1.81. The lowest BCUT2D eigenvalue weighted by Crippen LogP contribution is -2.30. The minimum atomic E-state index is -4.58.